The summed E-state index contributed by atoms with van der Waals surface area (Å²) in [5, 5.41) is 3.51. The fourth-order valence-electron chi connectivity index (χ4n) is 4.25. The van der Waals surface area contributed by atoms with Gasteiger partial charge in [0.1, 0.15) is 0 Å². The van der Waals surface area contributed by atoms with E-state index < -0.39 is 10.0 Å². The van der Waals surface area contributed by atoms with E-state index in [4.69, 9.17) is 11.6 Å². The average molecular weight is 462 g/mol. The minimum absolute atomic E-state index is 0.00726. The summed E-state index contributed by atoms with van der Waals surface area (Å²) in [5.41, 5.74) is 2.31. The molecular formula is C23H28ClN3O3S. The van der Waals surface area contributed by atoms with Crippen LogP contribution in [0.15, 0.2) is 53.4 Å². The third-order valence-corrected chi connectivity index (χ3v) is 8.32. The van der Waals surface area contributed by atoms with E-state index in [0.717, 1.165) is 18.7 Å². The molecule has 0 radical (unpaired) electrons. The number of hydrogen-bond donors (Lipinski definition) is 1. The van der Waals surface area contributed by atoms with Crippen LogP contribution in [0.2, 0.25) is 5.02 Å². The second kappa shape index (κ2) is 9.59. The molecule has 0 bridgehead atoms. The lowest BCUT2D eigenvalue weighted by molar-refractivity contribution is -0.126. The number of sulfonamides is 1. The van der Waals surface area contributed by atoms with Crippen LogP contribution in [0, 0.1) is 5.92 Å². The molecule has 4 rings (SSSR count). The van der Waals surface area contributed by atoms with Gasteiger partial charge in [-0.05, 0) is 67.6 Å². The molecule has 2 saturated heterocycles. The van der Waals surface area contributed by atoms with Crippen molar-refractivity contribution in [2.24, 2.45) is 5.92 Å². The Morgan fingerprint density at radius 3 is 2.16 bits per heavy atom. The molecule has 2 aromatic rings. The van der Waals surface area contributed by atoms with Crippen molar-refractivity contribution in [1.82, 2.24) is 9.62 Å². The second-order valence-corrected chi connectivity index (χ2v) is 10.6. The van der Waals surface area contributed by atoms with Gasteiger partial charge in [0.15, 0.2) is 0 Å². The van der Waals surface area contributed by atoms with Gasteiger partial charge in [-0.15, -0.1) is 0 Å². The van der Waals surface area contributed by atoms with E-state index in [1.165, 1.54) is 35.0 Å². The molecule has 0 saturated carbocycles. The average Bonchev–Trinajstić information content (AvgIpc) is 3.33. The summed E-state index contributed by atoms with van der Waals surface area (Å²) < 4.78 is 27.0. The quantitative estimate of drug-likeness (QED) is 0.712. The summed E-state index contributed by atoms with van der Waals surface area (Å²) in [5.74, 6) is -0.173. The van der Waals surface area contributed by atoms with Crippen molar-refractivity contribution in [2.75, 3.05) is 31.1 Å². The van der Waals surface area contributed by atoms with Crippen LogP contribution in [-0.4, -0.2) is 44.8 Å². The van der Waals surface area contributed by atoms with Crippen molar-refractivity contribution < 1.29 is 13.2 Å². The van der Waals surface area contributed by atoms with Crippen LogP contribution in [0.4, 0.5) is 5.69 Å². The van der Waals surface area contributed by atoms with Gasteiger partial charge >= 0.3 is 0 Å². The van der Waals surface area contributed by atoms with E-state index in [9.17, 15) is 13.2 Å². The number of piperidine rings is 1. The molecule has 2 heterocycles. The highest BCUT2D eigenvalue weighted by Gasteiger charge is 2.32. The number of nitrogens with zero attached hydrogens (tertiary/aromatic N) is 2. The SMILES string of the molecule is O=C(NCc1ccc(N2CCCC2)cc1)C1CCN(S(=O)(=O)c2ccc(Cl)cc2)CC1. The summed E-state index contributed by atoms with van der Waals surface area (Å²) >= 11 is 5.86. The second-order valence-electron chi connectivity index (χ2n) is 8.21. The van der Waals surface area contributed by atoms with E-state index >= 15 is 0 Å². The first kappa shape index (κ1) is 22.1. The van der Waals surface area contributed by atoms with Crippen molar-refractivity contribution in [3.05, 3.63) is 59.1 Å². The van der Waals surface area contributed by atoms with E-state index in [1.807, 2.05) is 0 Å². The Morgan fingerprint density at radius 2 is 1.55 bits per heavy atom. The molecule has 6 nitrogen and oxygen atoms in total. The largest absolute Gasteiger partial charge is 0.372 e. The number of anilines is 1. The Labute approximate surface area is 189 Å². The van der Waals surface area contributed by atoms with Gasteiger partial charge in [-0.2, -0.15) is 4.31 Å². The number of benzene rings is 2. The predicted octanol–water partition coefficient (Wildman–Crippen LogP) is 3.66. The molecule has 2 aliphatic heterocycles. The molecule has 1 amide bonds. The van der Waals surface area contributed by atoms with Crippen LogP contribution in [0.5, 0.6) is 0 Å². The van der Waals surface area contributed by atoms with Crippen molar-refractivity contribution in [1.29, 1.82) is 0 Å². The Kier molecular flexibility index (Phi) is 6.84. The zero-order valence-electron chi connectivity index (χ0n) is 17.5. The number of carbonyl (C=O) groups excluding carboxylic acids is 1. The summed E-state index contributed by atoms with van der Waals surface area (Å²) in [6.45, 7) is 3.40. The molecule has 2 fully saturated rings. The molecule has 0 aliphatic carbocycles. The third-order valence-electron chi connectivity index (χ3n) is 6.15. The zero-order valence-corrected chi connectivity index (χ0v) is 19.0. The molecule has 8 heteroatoms. The molecule has 0 atom stereocenters. The Hall–Kier alpha value is -2.09. The first-order chi connectivity index (χ1) is 14.9. The van der Waals surface area contributed by atoms with Crippen molar-refractivity contribution in [3.8, 4) is 0 Å². The van der Waals surface area contributed by atoms with E-state index in [-0.39, 0.29) is 16.7 Å². The van der Waals surface area contributed by atoms with Gasteiger partial charge in [0, 0.05) is 49.4 Å². The number of nitrogens with one attached hydrogen (secondary N) is 1. The molecule has 0 spiro atoms. The van der Waals surface area contributed by atoms with Crippen molar-refractivity contribution in [2.45, 2.75) is 37.1 Å². The summed E-state index contributed by atoms with van der Waals surface area (Å²) in [7, 11) is -3.56. The monoisotopic (exact) mass is 461 g/mol. The Balaban J connectivity index is 1.27. The van der Waals surface area contributed by atoms with E-state index in [2.05, 4.69) is 34.5 Å². The minimum Gasteiger partial charge on any atom is -0.372 e. The first-order valence-corrected chi connectivity index (χ1v) is 12.6. The zero-order chi connectivity index (χ0) is 21.8. The van der Waals surface area contributed by atoms with Crippen LogP contribution in [0.1, 0.15) is 31.2 Å². The molecule has 0 aromatic heterocycles. The fourth-order valence-corrected chi connectivity index (χ4v) is 5.84. The van der Waals surface area contributed by atoms with Gasteiger partial charge < -0.3 is 10.2 Å². The topological polar surface area (TPSA) is 69.7 Å². The van der Waals surface area contributed by atoms with Crippen molar-refractivity contribution >= 4 is 33.2 Å². The lowest BCUT2D eigenvalue weighted by Gasteiger charge is -2.30. The van der Waals surface area contributed by atoms with Crippen LogP contribution in [0.3, 0.4) is 0 Å². The minimum atomic E-state index is -3.56. The number of rotatable bonds is 6. The van der Waals surface area contributed by atoms with Crippen LogP contribution < -0.4 is 10.2 Å². The number of hydrogen-bond acceptors (Lipinski definition) is 4. The van der Waals surface area contributed by atoms with Crippen LogP contribution in [0.25, 0.3) is 0 Å². The predicted molar refractivity (Wildman–Crippen MR) is 123 cm³/mol. The first-order valence-electron chi connectivity index (χ1n) is 10.8. The number of halogens is 1. The fraction of sp³-hybridized carbons (Fsp3) is 0.435. The highest BCUT2D eigenvalue weighted by Crippen LogP contribution is 2.25. The van der Waals surface area contributed by atoms with Gasteiger partial charge in [0.2, 0.25) is 15.9 Å². The summed E-state index contributed by atoms with van der Waals surface area (Å²) in [6.07, 6.45) is 3.54. The van der Waals surface area contributed by atoms with Crippen molar-refractivity contribution in [3.63, 3.8) is 0 Å². The summed E-state index contributed by atoms with van der Waals surface area (Å²) in [6, 6.07) is 14.6. The lowest BCUT2D eigenvalue weighted by Crippen LogP contribution is -2.42. The molecule has 31 heavy (non-hydrogen) atoms. The standard InChI is InChI=1S/C23H28ClN3O3S/c24-20-5-9-22(10-6-20)31(29,30)27-15-11-19(12-16-27)23(28)25-17-18-3-7-21(8-4-18)26-13-1-2-14-26/h3-10,19H,1-2,11-17H2,(H,25,28). The number of carbonyl (C=O) groups is 1. The highest BCUT2D eigenvalue weighted by atomic mass is 35.5. The van der Waals surface area contributed by atoms with E-state index in [0.29, 0.717) is 37.5 Å². The lowest BCUT2D eigenvalue weighted by atomic mass is 9.97. The van der Waals surface area contributed by atoms with Gasteiger partial charge in [-0.3, -0.25) is 4.79 Å². The smallest absolute Gasteiger partial charge is 0.243 e. The van der Waals surface area contributed by atoms with Gasteiger partial charge in [0.25, 0.3) is 0 Å². The molecule has 2 aromatic carbocycles. The molecule has 166 valence electrons. The maximum absolute atomic E-state index is 12.8. The Morgan fingerprint density at radius 1 is 0.935 bits per heavy atom. The molecule has 1 N–H and O–H groups in total. The maximum atomic E-state index is 12.8. The van der Waals surface area contributed by atoms with E-state index in [1.54, 1.807) is 12.1 Å². The normalized spacial score (nSPS) is 18.3. The number of amides is 1. The molecular weight excluding hydrogens is 434 g/mol. The Bertz CT molecular complexity index is 995. The van der Waals surface area contributed by atoms with Gasteiger partial charge in [-0.25, -0.2) is 8.42 Å². The molecule has 2 aliphatic rings. The third kappa shape index (κ3) is 5.22. The van der Waals surface area contributed by atoms with Gasteiger partial charge in [0.05, 0.1) is 4.90 Å². The van der Waals surface area contributed by atoms with Crippen LogP contribution >= 0.6 is 11.6 Å². The molecule has 0 unspecified atom stereocenters. The highest BCUT2D eigenvalue weighted by molar-refractivity contribution is 7.89. The maximum Gasteiger partial charge on any atom is 0.243 e. The van der Waals surface area contributed by atoms with Crippen LogP contribution in [-0.2, 0) is 21.4 Å². The summed E-state index contributed by atoms with van der Waals surface area (Å²) in [4.78, 5) is 15.2. The van der Waals surface area contributed by atoms with Gasteiger partial charge in [-0.1, -0.05) is 23.7 Å².